The van der Waals surface area contributed by atoms with Crippen LogP contribution in [0.25, 0.3) is 0 Å². The van der Waals surface area contributed by atoms with Gasteiger partial charge in [0.2, 0.25) is 0 Å². The Morgan fingerprint density at radius 3 is 2.76 bits per heavy atom. The van der Waals surface area contributed by atoms with E-state index in [0.717, 1.165) is 35.9 Å². The maximum absolute atomic E-state index is 5.48. The van der Waals surface area contributed by atoms with E-state index >= 15 is 0 Å². The van der Waals surface area contributed by atoms with E-state index in [2.05, 4.69) is 43.0 Å². The number of methoxy groups -OCH3 is 1. The third-order valence-electron chi connectivity index (χ3n) is 3.00. The summed E-state index contributed by atoms with van der Waals surface area (Å²) in [5.41, 5.74) is 2.20. The highest BCUT2D eigenvalue weighted by Crippen LogP contribution is 2.26. The van der Waals surface area contributed by atoms with Gasteiger partial charge in [-0.25, -0.2) is 0 Å². The van der Waals surface area contributed by atoms with Crippen LogP contribution in [0.2, 0.25) is 0 Å². The lowest BCUT2D eigenvalue weighted by Gasteiger charge is -2.17. The van der Waals surface area contributed by atoms with E-state index in [0.29, 0.717) is 0 Å². The summed E-state index contributed by atoms with van der Waals surface area (Å²) in [4.78, 5) is 2.14. The van der Waals surface area contributed by atoms with Crippen LogP contribution in [0.4, 0.5) is 0 Å². The van der Waals surface area contributed by atoms with Crippen LogP contribution in [-0.4, -0.2) is 43.1 Å². The average molecular weight is 233 g/mol. The fourth-order valence-corrected chi connectivity index (χ4v) is 2.08. The summed E-state index contributed by atoms with van der Waals surface area (Å²) in [6.07, 6.45) is 0. The minimum atomic E-state index is 0.836. The number of ether oxygens (including phenoxy) is 1. The van der Waals surface area contributed by atoms with Crippen molar-refractivity contribution in [2.45, 2.75) is 13.8 Å². The molecule has 1 aromatic rings. The van der Waals surface area contributed by atoms with Gasteiger partial charge in [-0.05, 0) is 25.5 Å². The van der Waals surface area contributed by atoms with Gasteiger partial charge in [0.05, 0.1) is 12.7 Å². The van der Waals surface area contributed by atoms with Crippen LogP contribution in [0.5, 0.6) is 5.75 Å². The van der Waals surface area contributed by atoms with Crippen molar-refractivity contribution in [3.05, 3.63) is 29.3 Å². The van der Waals surface area contributed by atoms with Crippen LogP contribution >= 0.6 is 0 Å². The third-order valence-corrected chi connectivity index (χ3v) is 3.00. The van der Waals surface area contributed by atoms with Crippen molar-refractivity contribution >= 4 is 5.84 Å². The van der Waals surface area contributed by atoms with Gasteiger partial charge >= 0.3 is 0 Å². The lowest BCUT2D eigenvalue weighted by atomic mass is 10.1. The molecule has 2 rings (SSSR count). The van der Waals surface area contributed by atoms with Gasteiger partial charge in [-0.3, -0.25) is 5.01 Å². The van der Waals surface area contributed by atoms with Crippen LogP contribution in [0.15, 0.2) is 23.3 Å². The van der Waals surface area contributed by atoms with E-state index in [-0.39, 0.29) is 0 Å². The molecule has 92 valence electrons. The zero-order chi connectivity index (χ0) is 12.4. The van der Waals surface area contributed by atoms with E-state index in [9.17, 15) is 0 Å². The minimum Gasteiger partial charge on any atom is -0.496 e. The average Bonchev–Trinajstić information content (AvgIpc) is 2.70. The van der Waals surface area contributed by atoms with Crippen LogP contribution < -0.4 is 4.74 Å². The molecule has 0 bridgehead atoms. The highest BCUT2D eigenvalue weighted by atomic mass is 16.5. The molecule has 0 fully saturated rings. The fourth-order valence-electron chi connectivity index (χ4n) is 2.08. The Morgan fingerprint density at radius 2 is 2.18 bits per heavy atom. The van der Waals surface area contributed by atoms with Gasteiger partial charge in [-0.2, -0.15) is 5.10 Å². The van der Waals surface area contributed by atoms with Crippen LogP contribution in [0.3, 0.4) is 0 Å². The smallest absolute Gasteiger partial charge is 0.161 e. The Kier molecular flexibility index (Phi) is 3.22. The molecule has 1 aliphatic heterocycles. The quantitative estimate of drug-likeness (QED) is 0.798. The number of benzene rings is 1. The Labute approximate surface area is 102 Å². The summed E-state index contributed by atoms with van der Waals surface area (Å²) in [6.45, 7) is 5.91. The molecule has 0 saturated carbocycles. The molecule has 1 aromatic carbocycles. The lowest BCUT2D eigenvalue weighted by Crippen LogP contribution is -2.27. The van der Waals surface area contributed by atoms with Crippen molar-refractivity contribution < 1.29 is 4.74 Å². The molecule has 4 nitrogen and oxygen atoms in total. The molecule has 1 aliphatic rings. The largest absolute Gasteiger partial charge is 0.496 e. The summed E-state index contributed by atoms with van der Waals surface area (Å²) in [6, 6.07) is 6.15. The number of hydrogen-bond donors (Lipinski definition) is 0. The summed E-state index contributed by atoms with van der Waals surface area (Å²) < 4.78 is 5.48. The van der Waals surface area contributed by atoms with Gasteiger partial charge in [0.1, 0.15) is 12.4 Å². The topological polar surface area (TPSA) is 28.1 Å². The zero-order valence-electron chi connectivity index (χ0n) is 10.9. The second-order valence-corrected chi connectivity index (χ2v) is 4.24. The number of hydrogen-bond acceptors (Lipinski definition) is 4. The first kappa shape index (κ1) is 11.8. The Balaban J connectivity index is 2.44. The molecule has 0 radical (unpaired) electrons. The van der Waals surface area contributed by atoms with Crippen molar-refractivity contribution in [3.8, 4) is 5.75 Å². The molecule has 0 aromatic heterocycles. The van der Waals surface area contributed by atoms with Gasteiger partial charge in [0.25, 0.3) is 0 Å². The summed E-state index contributed by atoms with van der Waals surface area (Å²) in [5, 5.41) is 6.64. The molecule has 0 spiro atoms. The van der Waals surface area contributed by atoms with Gasteiger partial charge in [0.15, 0.2) is 5.84 Å². The molecule has 4 heteroatoms. The SMILES string of the molecule is CCN1CN(C)C(c2cccc(C)c2OC)=N1. The van der Waals surface area contributed by atoms with Gasteiger partial charge in [0, 0.05) is 13.6 Å². The van der Waals surface area contributed by atoms with Crippen molar-refractivity contribution in [2.75, 3.05) is 27.4 Å². The monoisotopic (exact) mass is 233 g/mol. The molecule has 0 atom stereocenters. The van der Waals surface area contributed by atoms with E-state index in [4.69, 9.17) is 4.74 Å². The minimum absolute atomic E-state index is 0.836. The van der Waals surface area contributed by atoms with Gasteiger partial charge in [-0.15, -0.1) is 0 Å². The number of aryl methyl sites for hydroxylation is 1. The van der Waals surface area contributed by atoms with E-state index in [1.165, 1.54) is 0 Å². The van der Waals surface area contributed by atoms with Gasteiger partial charge < -0.3 is 9.64 Å². The maximum atomic E-state index is 5.48. The standard InChI is InChI=1S/C13H19N3O/c1-5-16-9-15(3)13(14-16)11-8-6-7-10(2)12(11)17-4/h6-8H,5,9H2,1-4H3. The molecule has 0 saturated heterocycles. The molecular weight excluding hydrogens is 214 g/mol. The highest BCUT2D eigenvalue weighted by molar-refractivity contribution is 6.01. The second-order valence-electron chi connectivity index (χ2n) is 4.24. The van der Waals surface area contributed by atoms with E-state index in [1.54, 1.807) is 7.11 Å². The molecule has 0 unspecified atom stereocenters. The van der Waals surface area contributed by atoms with Gasteiger partial charge in [-0.1, -0.05) is 12.1 Å². The van der Waals surface area contributed by atoms with E-state index in [1.807, 2.05) is 11.1 Å². The van der Waals surface area contributed by atoms with Crippen molar-refractivity contribution in [1.29, 1.82) is 0 Å². The Hall–Kier alpha value is -1.71. The third kappa shape index (κ3) is 2.07. The van der Waals surface area contributed by atoms with Crippen LogP contribution in [-0.2, 0) is 0 Å². The molecule has 0 N–H and O–H groups in total. The predicted octanol–water partition coefficient (Wildman–Crippen LogP) is 1.89. The number of amidine groups is 1. The number of rotatable bonds is 3. The Bertz CT molecular complexity index is 442. The normalized spacial score (nSPS) is 15.2. The van der Waals surface area contributed by atoms with Crippen LogP contribution in [0, 0.1) is 6.92 Å². The molecule has 17 heavy (non-hydrogen) atoms. The van der Waals surface area contributed by atoms with Crippen molar-refractivity contribution in [2.24, 2.45) is 5.10 Å². The summed E-state index contributed by atoms with van der Waals surface area (Å²) in [7, 11) is 3.76. The summed E-state index contributed by atoms with van der Waals surface area (Å²) >= 11 is 0. The molecule has 0 amide bonds. The zero-order valence-corrected chi connectivity index (χ0v) is 10.9. The van der Waals surface area contributed by atoms with Crippen molar-refractivity contribution in [3.63, 3.8) is 0 Å². The number of para-hydroxylation sites is 1. The first-order chi connectivity index (χ1) is 8.17. The second kappa shape index (κ2) is 4.65. The highest BCUT2D eigenvalue weighted by Gasteiger charge is 2.23. The number of nitrogens with zero attached hydrogens (tertiary/aromatic N) is 3. The summed E-state index contributed by atoms with van der Waals surface area (Å²) in [5.74, 6) is 1.89. The fraction of sp³-hybridized carbons (Fsp3) is 0.462. The maximum Gasteiger partial charge on any atom is 0.161 e. The Morgan fingerprint density at radius 1 is 1.41 bits per heavy atom. The molecular formula is C13H19N3O. The predicted molar refractivity (Wildman–Crippen MR) is 69.3 cm³/mol. The number of hydrazone groups is 1. The lowest BCUT2D eigenvalue weighted by molar-refractivity contribution is 0.264. The first-order valence-corrected chi connectivity index (χ1v) is 5.86. The molecule has 1 heterocycles. The van der Waals surface area contributed by atoms with E-state index < -0.39 is 0 Å². The van der Waals surface area contributed by atoms with Crippen LogP contribution in [0.1, 0.15) is 18.1 Å². The molecule has 0 aliphatic carbocycles. The first-order valence-electron chi connectivity index (χ1n) is 5.86. The van der Waals surface area contributed by atoms with Crippen molar-refractivity contribution in [1.82, 2.24) is 9.91 Å².